The van der Waals surface area contributed by atoms with Crippen molar-refractivity contribution >= 4 is 5.97 Å². The van der Waals surface area contributed by atoms with Crippen LogP contribution >= 0.6 is 0 Å². The van der Waals surface area contributed by atoms with Crippen LogP contribution in [-0.4, -0.2) is 20.9 Å². The number of nitrogens with zero attached hydrogens (tertiary/aromatic N) is 2. The van der Waals surface area contributed by atoms with E-state index >= 15 is 0 Å². The molecule has 0 unspecified atom stereocenters. The predicted molar refractivity (Wildman–Crippen MR) is 76.1 cm³/mol. The fraction of sp³-hybridized carbons (Fsp3) is 0.375. The summed E-state index contributed by atoms with van der Waals surface area (Å²) in [5.74, 6) is -0.870. The number of benzene rings is 1. The molecular formula is C16H18N2O2. The second kappa shape index (κ2) is 5.12. The van der Waals surface area contributed by atoms with Crippen molar-refractivity contribution in [1.29, 1.82) is 0 Å². The molecule has 0 spiro atoms. The van der Waals surface area contributed by atoms with Crippen LogP contribution in [0.5, 0.6) is 0 Å². The zero-order valence-electron chi connectivity index (χ0n) is 11.6. The maximum atomic E-state index is 11.5. The van der Waals surface area contributed by atoms with Crippen LogP contribution in [0, 0.1) is 0 Å². The molecule has 2 aromatic rings. The van der Waals surface area contributed by atoms with Crippen molar-refractivity contribution in [3.63, 3.8) is 0 Å². The lowest BCUT2D eigenvalue weighted by Gasteiger charge is -2.07. The van der Waals surface area contributed by atoms with Gasteiger partial charge in [0.05, 0.1) is 12.2 Å². The summed E-state index contributed by atoms with van der Waals surface area (Å²) < 4.78 is 1.65. The lowest BCUT2D eigenvalue weighted by atomic mass is 10.1. The van der Waals surface area contributed by atoms with E-state index in [1.165, 1.54) is 5.56 Å². The third kappa shape index (κ3) is 2.22. The molecule has 1 heterocycles. The SMILES string of the molecule is CCc1ccc(Cn2nc3c(c2C(=O)O)CCC3)cc1. The second-order valence-corrected chi connectivity index (χ2v) is 5.26. The number of hydrogen-bond acceptors (Lipinski definition) is 2. The quantitative estimate of drug-likeness (QED) is 0.929. The van der Waals surface area contributed by atoms with Crippen molar-refractivity contribution in [2.45, 2.75) is 39.2 Å². The van der Waals surface area contributed by atoms with Gasteiger partial charge in [0.25, 0.3) is 0 Å². The molecule has 1 N–H and O–H groups in total. The summed E-state index contributed by atoms with van der Waals surface area (Å²) in [6.45, 7) is 2.65. The van der Waals surface area contributed by atoms with E-state index in [1.807, 2.05) is 0 Å². The van der Waals surface area contributed by atoms with Gasteiger partial charge >= 0.3 is 5.97 Å². The Labute approximate surface area is 118 Å². The van der Waals surface area contributed by atoms with Gasteiger partial charge in [-0.25, -0.2) is 4.79 Å². The second-order valence-electron chi connectivity index (χ2n) is 5.26. The molecule has 1 aliphatic rings. The third-order valence-electron chi connectivity index (χ3n) is 3.94. The summed E-state index contributed by atoms with van der Waals surface area (Å²) in [7, 11) is 0. The Morgan fingerprint density at radius 3 is 2.60 bits per heavy atom. The average molecular weight is 270 g/mol. The van der Waals surface area contributed by atoms with Crippen molar-refractivity contribution in [3.8, 4) is 0 Å². The highest BCUT2D eigenvalue weighted by atomic mass is 16.4. The molecule has 20 heavy (non-hydrogen) atoms. The average Bonchev–Trinajstić information content (AvgIpc) is 2.99. The minimum absolute atomic E-state index is 0.372. The summed E-state index contributed by atoms with van der Waals surface area (Å²) in [5, 5.41) is 13.9. The fourth-order valence-electron chi connectivity index (χ4n) is 2.85. The van der Waals surface area contributed by atoms with Crippen molar-refractivity contribution in [1.82, 2.24) is 9.78 Å². The van der Waals surface area contributed by atoms with Crippen molar-refractivity contribution in [2.75, 3.05) is 0 Å². The first-order chi connectivity index (χ1) is 9.69. The van der Waals surface area contributed by atoms with Gasteiger partial charge in [0.1, 0.15) is 5.69 Å². The van der Waals surface area contributed by atoms with Gasteiger partial charge in [0.15, 0.2) is 0 Å². The number of rotatable bonds is 4. The largest absolute Gasteiger partial charge is 0.477 e. The first kappa shape index (κ1) is 12.9. The summed E-state index contributed by atoms with van der Waals surface area (Å²) in [6, 6.07) is 8.29. The zero-order chi connectivity index (χ0) is 14.1. The molecule has 0 atom stereocenters. The number of fused-ring (bicyclic) bond motifs is 1. The van der Waals surface area contributed by atoms with Gasteiger partial charge < -0.3 is 5.11 Å². The standard InChI is InChI=1S/C16H18N2O2/c1-2-11-6-8-12(9-7-11)10-18-15(16(19)20)13-4-3-5-14(13)17-18/h6-9H,2-5,10H2,1H3,(H,19,20). The van der Waals surface area contributed by atoms with Crippen LogP contribution in [0.25, 0.3) is 0 Å². The molecule has 0 aliphatic heterocycles. The Kier molecular flexibility index (Phi) is 3.30. The molecule has 4 heteroatoms. The summed E-state index contributed by atoms with van der Waals surface area (Å²) in [4.78, 5) is 11.5. The Morgan fingerprint density at radius 1 is 1.25 bits per heavy atom. The van der Waals surface area contributed by atoms with Crippen LogP contribution in [0.1, 0.15) is 46.2 Å². The molecule has 0 fully saturated rings. The molecule has 0 saturated heterocycles. The highest BCUT2D eigenvalue weighted by Gasteiger charge is 2.26. The highest BCUT2D eigenvalue weighted by Crippen LogP contribution is 2.25. The first-order valence-corrected chi connectivity index (χ1v) is 7.08. The highest BCUT2D eigenvalue weighted by molar-refractivity contribution is 5.88. The van der Waals surface area contributed by atoms with Crippen molar-refractivity contribution in [3.05, 3.63) is 52.3 Å². The zero-order valence-corrected chi connectivity index (χ0v) is 11.6. The van der Waals surface area contributed by atoms with Gasteiger partial charge in [0.2, 0.25) is 0 Å². The van der Waals surface area contributed by atoms with Crippen LogP contribution in [-0.2, 0) is 25.8 Å². The smallest absolute Gasteiger partial charge is 0.354 e. The van der Waals surface area contributed by atoms with Gasteiger partial charge in [-0.05, 0) is 36.8 Å². The minimum atomic E-state index is -0.870. The Morgan fingerprint density at radius 2 is 1.95 bits per heavy atom. The number of aromatic carboxylic acids is 1. The van der Waals surface area contributed by atoms with Crippen molar-refractivity contribution in [2.24, 2.45) is 0 Å². The predicted octanol–water partition coefficient (Wildman–Crippen LogP) is 2.68. The van der Waals surface area contributed by atoms with E-state index < -0.39 is 5.97 Å². The third-order valence-corrected chi connectivity index (χ3v) is 3.94. The van der Waals surface area contributed by atoms with E-state index in [0.29, 0.717) is 12.2 Å². The molecule has 0 radical (unpaired) electrons. The van der Waals surface area contributed by atoms with E-state index in [9.17, 15) is 9.90 Å². The van der Waals surface area contributed by atoms with Gasteiger partial charge in [-0.3, -0.25) is 4.68 Å². The van der Waals surface area contributed by atoms with Crippen LogP contribution in [0.4, 0.5) is 0 Å². The number of hydrogen-bond donors (Lipinski definition) is 1. The number of carboxylic acids is 1. The molecule has 104 valence electrons. The summed E-state index contributed by atoms with van der Waals surface area (Å²) in [5.41, 5.74) is 4.65. The van der Waals surface area contributed by atoms with E-state index in [4.69, 9.17) is 0 Å². The Bertz CT molecular complexity index is 641. The molecule has 0 saturated carbocycles. The maximum Gasteiger partial charge on any atom is 0.354 e. The molecule has 0 bridgehead atoms. The number of carbonyl (C=O) groups is 1. The minimum Gasteiger partial charge on any atom is -0.477 e. The van der Waals surface area contributed by atoms with Crippen LogP contribution < -0.4 is 0 Å². The van der Waals surface area contributed by atoms with Gasteiger partial charge in [-0.2, -0.15) is 5.10 Å². The fourth-order valence-corrected chi connectivity index (χ4v) is 2.85. The van der Waals surface area contributed by atoms with E-state index in [0.717, 1.165) is 42.5 Å². The maximum absolute atomic E-state index is 11.5. The van der Waals surface area contributed by atoms with Crippen LogP contribution in [0.2, 0.25) is 0 Å². The Hall–Kier alpha value is -2.10. The molecule has 4 nitrogen and oxygen atoms in total. The molecule has 1 aliphatic carbocycles. The van der Waals surface area contributed by atoms with Gasteiger partial charge in [-0.1, -0.05) is 31.2 Å². The van der Waals surface area contributed by atoms with Crippen molar-refractivity contribution < 1.29 is 9.90 Å². The van der Waals surface area contributed by atoms with E-state index in [2.05, 4.69) is 36.3 Å². The van der Waals surface area contributed by atoms with Crippen LogP contribution in [0.15, 0.2) is 24.3 Å². The molecule has 0 amide bonds. The first-order valence-electron chi connectivity index (χ1n) is 7.08. The monoisotopic (exact) mass is 270 g/mol. The molecule has 1 aromatic carbocycles. The molecule has 1 aromatic heterocycles. The van der Waals surface area contributed by atoms with Gasteiger partial charge in [0, 0.05) is 5.56 Å². The topological polar surface area (TPSA) is 55.1 Å². The summed E-state index contributed by atoms with van der Waals surface area (Å²) >= 11 is 0. The van der Waals surface area contributed by atoms with E-state index in [-0.39, 0.29) is 0 Å². The van der Waals surface area contributed by atoms with Crippen LogP contribution in [0.3, 0.4) is 0 Å². The number of aromatic nitrogens is 2. The lowest BCUT2D eigenvalue weighted by molar-refractivity contribution is 0.0682. The van der Waals surface area contributed by atoms with Gasteiger partial charge in [-0.15, -0.1) is 0 Å². The molecular weight excluding hydrogens is 252 g/mol. The number of carboxylic acid groups (broad SMARTS) is 1. The molecule has 3 rings (SSSR count). The Balaban J connectivity index is 1.92. The normalized spacial score (nSPS) is 13.4. The van der Waals surface area contributed by atoms with E-state index in [1.54, 1.807) is 4.68 Å². The number of aryl methyl sites for hydroxylation is 2. The lowest BCUT2D eigenvalue weighted by Crippen LogP contribution is -2.13. The summed E-state index contributed by atoms with van der Waals surface area (Å²) in [6.07, 6.45) is 3.77.